The monoisotopic (exact) mass is 584 g/mol. The van der Waals surface area contributed by atoms with Crippen molar-refractivity contribution in [2.24, 2.45) is 5.92 Å². The summed E-state index contributed by atoms with van der Waals surface area (Å²) in [5.41, 5.74) is 2.64. The fraction of sp³-hybridized carbons (Fsp3) is 0.345. The van der Waals surface area contributed by atoms with Gasteiger partial charge in [0.25, 0.3) is 0 Å². The third-order valence-electron chi connectivity index (χ3n) is 7.60. The maximum absolute atomic E-state index is 13.6. The predicted molar refractivity (Wildman–Crippen MR) is 143 cm³/mol. The van der Waals surface area contributed by atoms with Gasteiger partial charge in [-0.1, -0.05) is 24.2 Å². The van der Waals surface area contributed by atoms with Crippen molar-refractivity contribution < 1.29 is 32.1 Å². The maximum atomic E-state index is 13.6. The van der Waals surface area contributed by atoms with Gasteiger partial charge >= 0.3 is 12.1 Å². The third-order valence-corrected chi connectivity index (χ3v) is 9.12. The van der Waals surface area contributed by atoms with Crippen LogP contribution in [0.1, 0.15) is 69.4 Å². The molecule has 214 valence electrons. The van der Waals surface area contributed by atoms with Crippen molar-refractivity contribution in [2.75, 3.05) is 6.54 Å². The molecule has 41 heavy (non-hydrogen) atoms. The van der Waals surface area contributed by atoms with Gasteiger partial charge in [0.2, 0.25) is 0 Å². The molecule has 2 aliphatic rings. The number of hydrogen-bond donors (Lipinski definition) is 1. The van der Waals surface area contributed by atoms with E-state index in [1.807, 2.05) is 44.2 Å². The van der Waals surface area contributed by atoms with Crippen molar-refractivity contribution >= 4 is 17.3 Å². The van der Waals surface area contributed by atoms with E-state index in [2.05, 4.69) is 10.3 Å². The molecule has 0 amide bonds. The smallest absolute Gasteiger partial charge is 0.416 e. The lowest BCUT2D eigenvalue weighted by atomic mass is 9.99. The van der Waals surface area contributed by atoms with E-state index >= 15 is 0 Å². The van der Waals surface area contributed by atoms with E-state index in [9.17, 15) is 27.6 Å². The summed E-state index contributed by atoms with van der Waals surface area (Å²) in [6.45, 7) is 4.49. The second-order valence-corrected chi connectivity index (χ2v) is 12.3. The van der Waals surface area contributed by atoms with E-state index in [1.54, 1.807) is 8.99 Å². The van der Waals surface area contributed by atoms with Gasteiger partial charge < -0.3 is 14.2 Å². The number of aromatic carboxylic acids is 1. The second kappa shape index (κ2) is 10.3. The molecule has 2 aromatic heterocycles. The van der Waals surface area contributed by atoms with Crippen molar-refractivity contribution in [3.05, 3.63) is 94.1 Å². The second-order valence-electron chi connectivity index (χ2n) is 10.9. The average Bonchev–Trinajstić information content (AvgIpc) is 3.40. The number of carboxylic acids is 1. The average molecular weight is 585 g/mol. The van der Waals surface area contributed by atoms with Crippen LogP contribution < -0.4 is 0 Å². The lowest BCUT2D eigenvalue weighted by molar-refractivity contribution is -0.137. The van der Waals surface area contributed by atoms with Gasteiger partial charge in [0.1, 0.15) is 11.3 Å². The Morgan fingerprint density at radius 2 is 2.00 bits per heavy atom. The van der Waals surface area contributed by atoms with Crippen molar-refractivity contribution in [3.63, 3.8) is 0 Å². The molecule has 12 heteroatoms. The molecule has 0 radical (unpaired) electrons. The van der Waals surface area contributed by atoms with Crippen LogP contribution in [0, 0.1) is 12.8 Å². The first-order chi connectivity index (χ1) is 19.5. The molecule has 1 aliphatic carbocycles. The quantitative estimate of drug-likeness (QED) is 0.282. The molecular weight excluding hydrogens is 557 g/mol. The van der Waals surface area contributed by atoms with E-state index in [0.717, 1.165) is 23.4 Å². The molecular formula is C29H27F3N4O4S. The molecule has 8 nitrogen and oxygen atoms in total. The van der Waals surface area contributed by atoms with Crippen LogP contribution >= 0.6 is 0 Å². The van der Waals surface area contributed by atoms with Gasteiger partial charge in [-0.25, -0.2) is 9.48 Å². The highest BCUT2D eigenvalue weighted by Gasteiger charge is 2.46. The summed E-state index contributed by atoms with van der Waals surface area (Å²) in [7, 11) is 0. The molecule has 0 spiro atoms. The molecule has 0 bridgehead atoms. The SMILES string of the molecule is Cc1cc(C2C[C@H]2c2c(C(=O)O)cnn2-c2cccc(CN3C[C@@H](C)Cc4cc(C(F)(F)F)ccc4[S+]3[O-])c2)on1. The molecule has 1 saturated carbocycles. The van der Waals surface area contributed by atoms with Crippen LogP contribution in [0.3, 0.4) is 0 Å². The van der Waals surface area contributed by atoms with E-state index in [-0.39, 0.29) is 29.9 Å². The van der Waals surface area contributed by atoms with Crippen LogP contribution in [0.15, 0.2) is 64.1 Å². The number of nitrogens with zero attached hydrogens (tertiary/aromatic N) is 4. The van der Waals surface area contributed by atoms with Gasteiger partial charge in [0.05, 0.1) is 46.7 Å². The molecule has 4 atom stereocenters. The zero-order valence-electron chi connectivity index (χ0n) is 22.3. The van der Waals surface area contributed by atoms with Crippen LogP contribution in [0.4, 0.5) is 13.2 Å². The molecule has 6 rings (SSSR count). The van der Waals surface area contributed by atoms with Gasteiger partial charge in [0.15, 0.2) is 4.90 Å². The van der Waals surface area contributed by atoms with Gasteiger partial charge in [-0.2, -0.15) is 18.3 Å². The Hall–Kier alpha value is -3.61. The summed E-state index contributed by atoms with van der Waals surface area (Å²) < 4.78 is 62.3. The first kappa shape index (κ1) is 27.6. The fourth-order valence-electron chi connectivity index (χ4n) is 5.65. The Labute approximate surface area is 237 Å². The number of halogens is 3. The number of aromatic nitrogens is 3. The number of carbonyl (C=O) groups is 1. The normalized spacial score (nSPS) is 22.8. The first-order valence-corrected chi connectivity index (χ1v) is 14.3. The molecule has 4 aromatic rings. The topological polar surface area (TPSA) is 107 Å². The molecule has 0 saturated heterocycles. The highest BCUT2D eigenvalue weighted by atomic mass is 32.2. The summed E-state index contributed by atoms with van der Waals surface area (Å²) >= 11 is -1.66. The number of hydrogen-bond acceptors (Lipinski definition) is 6. The van der Waals surface area contributed by atoms with Crippen molar-refractivity contribution in [2.45, 2.75) is 56.1 Å². The highest BCUT2D eigenvalue weighted by Crippen LogP contribution is 2.55. The van der Waals surface area contributed by atoms with Crippen LogP contribution in [0.2, 0.25) is 0 Å². The minimum absolute atomic E-state index is 0.00636. The van der Waals surface area contributed by atoms with Gasteiger partial charge in [-0.05, 0) is 61.6 Å². The Kier molecular flexibility index (Phi) is 6.95. The first-order valence-electron chi connectivity index (χ1n) is 13.2. The number of alkyl halides is 3. The van der Waals surface area contributed by atoms with Crippen molar-refractivity contribution in [1.29, 1.82) is 0 Å². The van der Waals surface area contributed by atoms with E-state index in [0.29, 0.717) is 47.0 Å². The lowest BCUT2D eigenvalue weighted by Gasteiger charge is -2.24. The summed E-state index contributed by atoms with van der Waals surface area (Å²) in [6, 6.07) is 12.7. The van der Waals surface area contributed by atoms with E-state index in [1.165, 1.54) is 12.3 Å². The lowest BCUT2D eigenvalue weighted by Crippen LogP contribution is -2.32. The van der Waals surface area contributed by atoms with Crippen molar-refractivity contribution in [3.8, 4) is 5.69 Å². The molecule has 1 N–H and O–H groups in total. The zero-order valence-corrected chi connectivity index (χ0v) is 23.1. The minimum atomic E-state index is -4.47. The fourth-order valence-corrected chi connectivity index (χ4v) is 7.13. The van der Waals surface area contributed by atoms with E-state index in [4.69, 9.17) is 4.52 Å². The molecule has 3 heterocycles. The number of benzene rings is 2. The van der Waals surface area contributed by atoms with Crippen LogP contribution in [0.25, 0.3) is 5.69 Å². The van der Waals surface area contributed by atoms with Crippen LogP contribution in [0.5, 0.6) is 0 Å². The van der Waals surface area contributed by atoms with Gasteiger partial charge in [0, 0.05) is 30.0 Å². The summed E-state index contributed by atoms with van der Waals surface area (Å²) in [6.07, 6.45) is -2.01. The Morgan fingerprint density at radius 1 is 1.20 bits per heavy atom. The zero-order chi connectivity index (χ0) is 29.1. The summed E-state index contributed by atoms with van der Waals surface area (Å²) in [4.78, 5) is 12.4. The van der Waals surface area contributed by atoms with Crippen molar-refractivity contribution in [1.82, 2.24) is 19.2 Å². The number of fused-ring (bicyclic) bond motifs is 1. The summed E-state index contributed by atoms with van der Waals surface area (Å²) in [5, 5.41) is 18.2. The molecule has 1 fully saturated rings. The van der Waals surface area contributed by atoms with Gasteiger partial charge in [-0.3, -0.25) is 0 Å². The van der Waals surface area contributed by atoms with Crippen LogP contribution in [-0.2, 0) is 30.5 Å². The third kappa shape index (κ3) is 5.39. The van der Waals surface area contributed by atoms with Crippen LogP contribution in [-0.4, -0.2) is 41.4 Å². The highest BCUT2D eigenvalue weighted by molar-refractivity contribution is 7.89. The Balaban J connectivity index is 1.28. The Bertz CT molecular complexity index is 1620. The van der Waals surface area contributed by atoms with Gasteiger partial charge in [-0.15, -0.1) is 4.31 Å². The number of carboxylic acid groups (broad SMARTS) is 1. The summed E-state index contributed by atoms with van der Waals surface area (Å²) in [5.74, 6) is -0.466. The maximum Gasteiger partial charge on any atom is 0.416 e. The van der Waals surface area contributed by atoms with E-state index < -0.39 is 29.1 Å². The molecule has 2 unspecified atom stereocenters. The largest absolute Gasteiger partial charge is 0.593 e. The molecule has 1 aliphatic heterocycles. The molecule has 2 aromatic carbocycles. The Morgan fingerprint density at radius 3 is 2.71 bits per heavy atom. The standard InChI is InChI=1S/C29H27F3N4O4S/c1-16-8-19-11-20(29(30,31)32)6-7-26(19)41(39)35(14-16)15-18-4-3-5-21(10-18)36-27(24(13-33-36)28(37)38)23-12-22(23)25-9-17(2)34-40-25/h3-7,9-11,13,16,22-23H,8,12,14-15H2,1-2H3,(H,37,38)/t16-,22?,23+,41?/m0/s1. The minimum Gasteiger partial charge on any atom is -0.593 e. The number of aryl methyl sites for hydroxylation is 1. The number of rotatable bonds is 6. The predicted octanol–water partition coefficient (Wildman–Crippen LogP) is 5.87.